The van der Waals surface area contributed by atoms with Gasteiger partial charge in [-0.1, -0.05) is 15.9 Å². The van der Waals surface area contributed by atoms with Gasteiger partial charge in [0.1, 0.15) is 5.82 Å². The second-order valence-corrected chi connectivity index (χ2v) is 4.22. The fraction of sp³-hybridized carbons (Fsp3) is 0.100. The summed E-state index contributed by atoms with van der Waals surface area (Å²) < 4.78 is 14.1. The fourth-order valence-corrected chi connectivity index (χ4v) is 1.91. The predicted molar refractivity (Wildman–Crippen MR) is 60.8 cm³/mol. The minimum absolute atomic E-state index is 0.126. The molecule has 0 spiro atoms. The molecule has 0 aliphatic heterocycles. The van der Waals surface area contributed by atoms with Crippen LogP contribution in [0.15, 0.2) is 22.7 Å². The molecule has 4 nitrogen and oxygen atoms in total. The van der Waals surface area contributed by atoms with Crippen molar-refractivity contribution in [1.82, 2.24) is 10.3 Å². The van der Waals surface area contributed by atoms with Crippen molar-refractivity contribution < 1.29 is 14.3 Å². The molecule has 0 atom stereocenters. The zero-order valence-corrected chi connectivity index (χ0v) is 9.64. The highest BCUT2D eigenvalue weighted by Crippen LogP contribution is 2.23. The second-order valence-electron chi connectivity index (χ2n) is 3.30. The summed E-state index contributed by atoms with van der Waals surface area (Å²) >= 11 is 3.18. The molecule has 2 rings (SSSR count). The normalized spacial score (nSPS) is 10.6. The maximum Gasteiger partial charge on any atom is 0.404 e. The van der Waals surface area contributed by atoms with Crippen LogP contribution in [0.5, 0.6) is 0 Å². The summed E-state index contributed by atoms with van der Waals surface area (Å²) in [6.07, 6.45) is -1.11. The lowest BCUT2D eigenvalue weighted by atomic mass is 10.2. The van der Waals surface area contributed by atoms with E-state index < -0.39 is 6.09 Å². The van der Waals surface area contributed by atoms with Crippen LogP contribution in [0.25, 0.3) is 10.9 Å². The van der Waals surface area contributed by atoms with E-state index in [9.17, 15) is 9.18 Å². The monoisotopic (exact) mass is 286 g/mol. The van der Waals surface area contributed by atoms with Crippen LogP contribution in [0.2, 0.25) is 0 Å². The van der Waals surface area contributed by atoms with Gasteiger partial charge in [0, 0.05) is 21.1 Å². The van der Waals surface area contributed by atoms with Crippen LogP contribution in [0.4, 0.5) is 9.18 Å². The number of amides is 1. The summed E-state index contributed by atoms with van der Waals surface area (Å²) in [4.78, 5) is 13.2. The Morgan fingerprint density at radius 1 is 1.50 bits per heavy atom. The van der Waals surface area contributed by atoms with Gasteiger partial charge in [0.15, 0.2) is 0 Å². The molecule has 1 aromatic heterocycles. The van der Waals surface area contributed by atoms with Crippen LogP contribution in [-0.4, -0.2) is 16.2 Å². The Morgan fingerprint density at radius 3 is 2.94 bits per heavy atom. The minimum Gasteiger partial charge on any atom is -0.465 e. The van der Waals surface area contributed by atoms with Crippen LogP contribution >= 0.6 is 15.9 Å². The maximum atomic E-state index is 13.5. The van der Waals surface area contributed by atoms with E-state index in [-0.39, 0.29) is 12.4 Å². The number of carboxylic acid groups (broad SMARTS) is 1. The van der Waals surface area contributed by atoms with Crippen molar-refractivity contribution in [3.63, 3.8) is 0 Å². The summed E-state index contributed by atoms with van der Waals surface area (Å²) in [7, 11) is 0. The first-order chi connectivity index (χ1) is 7.56. The van der Waals surface area contributed by atoms with E-state index in [2.05, 4.69) is 26.2 Å². The fourth-order valence-electron chi connectivity index (χ4n) is 1.48. The van der Waals surface area contributed by atoms with E-state index in [4.69, 9.17) is 5.11 Å². The van der Waals surface area contributed by atoms with Crippen molar-refractivity contribution in [2.75, 3.05) is 0 Å². The molecular formula is C10H8BrFN2O2. The Balaban J connectivity index is 2.36. The molecular weight excluding hydrogens is 279 g/mol. The predicted octanol–water partition coefficient (Wildman–Crippen LogP) is 2.84. The molecule has 1 heterocycles. The molecule has 6 heteroatoms. The van der Waals surface area contributed by atoms with Gasteiger partial charge in [0.05, 0.1) is 6.54 Å². The average Bonchev–Trinajstić information content (AvgIpc) is 2.57. The quantitative estimate of drug-likeness (QED) is 0.795. The first-order valence-electron chi connectivity index (χ1n) is 4.49. The summed E-state index contributed by atoms with van der Waals surface area (Å²) in [5.74, 6) is -0.345. The third-order valence-electron chi connectivity index (χ3n) is 2.14. The number of aromatic amines is 1. The number of hydrogen-bond donors (Lipinski definition) is 3. The second kappa shape index (κ2) is 4.13. The van der Waals surface area contributed by atoms with Gasteiger partial charge in [-0.3, -0.25) is 0 Å². The number of carbonyl (C=O) groups is 1. The third-order valence-corrected chi connectivity index (χ3v) is 2.60. The molecule has 2 aromatic rings. The number of benzene rings is 1. The van der Waals surface area contributed by atoms with Gasteiger partial charge in [-0.2, -0.15) is 0 Å². The lowest BCUT2D eigenvalue weighted by Gasteiger charge is -1.96. The molecule has 16 heavy (non-hydrogen) atoms. The van der Waals surface area contributed by atoms with Crippen LogP contribution in [0.3, 0.4) is 0 Å². The van der Waals surface area contributed by atoms with Gasteiger partial charge in [0.25, 0.3) is 0 Å². The molecule has 0 saturated heterocycles. The first kappa shape index (κ1) is 10.9. The number of fused-ring (bicyclic) bond motifs is 1. The van der Waals surface area contributed by atoms with Gasteiger partial charge in [-0.25, -0.2) is 9.18 Å². The Morgan fingerprint density at radius 2 is 2.25 bits per heavy atom. The van der Waals surface area contributed by atoms with E-state index in [1.54, 1.807) is 12.1 Å². The van der Waals surface area contributed by atoms with E-state index in [1.165, 1.54) is 6.07 Å². The summed E-state index contributed by atoms with van der Waals surface area (Å²) in [6.45, 7) is 0.126. The highest BCUT2D eigenvalue weighted by molar-refractivity contribution is 9.10. The smallest absolute Gasteiger partial charge is 0.404 e. The minimum atomic E-state index is -1.11. The molecule has 1 aromatic carbocycles. The van der Waals surface area contributed by atoms with Gasteiger partial charge >= 0.3 is 6.09 Å². The number of hydrogen-bond acceptors (Lipinski definition) is 1. The van der Waals surface area contributed by atoms with Crippen LogP contribution in [-0.2, 0) is 6.54 Å². The topological polar surface area (TPSA) is 65.1 Å². The molecule has 1 amide bonds. The Hall–Kier alpha value is -1.56. The Labute approximate surface area is 98.6 Å². The molecule has 0 saturated carbocycles. The lowest BCUT2D eigenvalue weighted by Crippen LogP contribution is -2.19. The largest absolute Gasteiger partial charge is 0.465 e. The highest BCUT2D eigenvalue weighted by atomic mass is 79.9. The molecule has 0 fully saturated rings. The van der Waals surface area contributed by atoms with Crippen molar-refractivity contribution in [3.8, 4) is 0 Å². The van der Waals surface area contributed by atoms with Crippen LogP contribution in [0, 0.1) is 5.82 Å². The van der Waals surface area contributed by atoms with Crippen LogP contribution in [0.1, 0.15) is 5.69 Å². The molecule has 0 unspecified atom stereocenters. The first-order valence-corrected chi connectivity index (χ1v) is 5.29. The van der Waals surface area contributed by atoms with Gasteiger partial charge in [-0.15, -0.1) is 0 Å². The van der Waals surface area contributed by atoms with Crippen molar-refractivity contribution in [2.24, 2.45) is 0 Å². The lowest BCUT2D eigenvalue weighted by molar-refractivity contribution is 0.194. The van der Waals surface area contributed by atoms with Gasteiger partial charge in [0.2, 0.25) is 0 Å². The molecule has 0 aliphatic carbocycles. The van der Waals surface area contributed by atoms with E-state index in [0.717, 1.165) is 0 Å². The summed E-state index contributed by atoms with van der Waals surface area (Å²) in [5.41, 5.74) is 1.25. The van der Waals surface area contributed by atoms with Crippen molar-refractivity contribution in [2.45, 2.75) is 6.54 Å². The third kappa shape index (κ3) is 2.16. The number of aromatic nitrogens is 1. The molecule has 0 aliphatic rings. The van der Waals surface area contributed by atoms with Gasteiger partial charge < -0.3 is 15.4 Å². The summed E-state index contributed by atoms with van der Waals surface area (Å²) in [5, 5.41) is 11.1. The molecule has 0 bridgehead atoms. The summed E-state index contributed by atoms with van der Waals surface area (Å²) in [6, 6.07) is 4.69. The van der Waals surface area contributed by atoms with E-state index in [1.807, 2.05) is 0 Å². The van der Waals surface area contributed by atoms with Crippen molar-refractivity contribution in [1.29, 1.82) is 0 Å². The van der Waals surface area contributed by atoms with Crippen molar-refractivity contribution >= 4 is 32.9 Å². The Kier molecular flexibility index (Phi) is 2.82. The molecule has 84 valence electrons. The standard InChI is InChI=1S/C10H8BrFN2O2/c11-5-1-8(12)7-3-6(4-13-10(15)16)14-9(7)2-5/h1-3,13-14H,4H2,(H,15,16). The zero-order chi connectivity index (χ0) is 11.7. The number of halogens is 2. The number of nitrogens with one attached hydrogen (secondary N) is 2. The number of H-pyrrole nitrogens is 1. The van der Waals surface area contributed by atoms with Crippen LogP contribution < -0.4 is 5.32 Å². The molecule has 0 radical (unpaired) electrons. The maximum absolute atomic E-state index is 13.5. The van der Waals surface area contributed by atoms with Gasteiger partial charge in [-0.05, 0) is 18.2 Å². The highest BCUT2D eigenvalue weighted by Gasteiger charge is 2.07. The zero-order valence-electron chi connectivity index (χ0n) is 8.05. The average molecular weight is 287 g/mol. The Bertz CT molecular complexity index is 553. The van der Waals surface area contributed by atoms with E-state index >= 15 is 0 Å². The van der Waals surface area contributed by atoms with Crippen molar-refractivity contribution in [3.05, 3.63) is 34.2 Å². The van der Waals surface area contributed by atoms with E-state index in [0.29, 0.717) is 21.1 Å². The number of rotatable bonds is 2. The molecule has 3 N–H and O–H groups in total. The SMILES string of the molecule is O=C(O)NCc1cc2c(F)cc(Br)cc2[nH]1.